The van der Waals surface area contributed by atoms with Gasteiger partial charge < -0.3 is 14.8 Å². The normalized spacial score (nSPS) is 10.3. The van der Waals surface area contributed by atoms with Gasteiger partial charge in [0.25, 0.3) is 11.6 Å². The summed E-state index contributed by atoms with van der Waals surface area (Å²) in [5.74, 6) is 1.49. The van der Waals surface area contributed by atoms with Gasteiger partial charge in [-0.2, -0.15) is 11.8 Å². The zero-order valence-corrected chi connectivity index (χ0v) is 16.3. The zero-order chi connectivity index (χ0) is 19.8. The number of carbonyl (C=O) groups is 1. The molecule has 1 amide bonds. The fourth-order valence-electron chi connectivity index (χ4n) is 2.41. The summed E-state index contributed by atoms with van der Waals surface area (Å²) in [6.45, 7) is 2.45. The maximum Gasteiger partial charge on any atom is 0.286 e. The minimum Gasteiger partial charge on any atom is -0.493 e. The number of nitrogens with zero attached hydrogens (tertiary/aromatic N) is 1. The first-order chi connectivity index (χ1) is 13.0. The molecule has 0 aliphatic carbocycles. The number of benzene rings is 2. The average molecular weight is 390 g/mol. The SMILES string of the molecule is COc1cc(C(=O)NCCSCc2ccc(C)cc2)c([N+](=O)[O-])cc1OC. The van der Waals surface area contributed by atoms with Gasteiger partial charge >= 0.3 is 0 Å². The van der Waals surface area contributed by atoms with Crippen molar-refractivity contribution in [3.05, 3.63) is 63.2 Å². The van der Waals surface area contributed by atoms with Gasteiger partial charge in [-0.05, 0) is 12.5 Å². The molecule has 2 rings (SSSR count). The summed E-state index contributed by atoms with van der Waals surface area (Å²) >= 11 is 1.68. The predicted molar refractivity (Wildman–Crippen MR) is 106 cm³/mol. The standard InChI is InChI=1S/C19H22N2O5S/c1-13-4-6-14(7-5-13)12-27-9-8-20-19(22)15-10-17(25-2)18(26-3)11-16(15)21(23)24/h4-7,10-11H,8-9,12H2,1-3H3,(H,20,22). The Balaban J connectivity index is 1.94. The van der Waals surface area contributed by atoms with Crippen LogP contribution in [0, 0.1) is 17.0 Å². The average Bonchev–Trinajstić information content (AvgIpc) is 2.67. The smallest absolute Gasteiger partial charge is 0.286 e. The van der Waals surface area contributed by atoms with Crippen LogP contribution in [0.1, 0.15) is 21.5 Å². The van der Waals surface area contributed by atoms with Gasteiger partial charge in [0.2, 0.25) is 0 Å². The fraction of sp³-hybridized carbons (Fsp3) is 0.316. The summed E-state index contributed by atoms with van der Waals surface area (Å²) in [6, 6.07) is 10.8. The third kappa shape index (κ3) is 5.62. The van der Waals surface area contributed by atoms with Gasteiger partial charge in [0.15, 0.2) is 11.5 Å². The van der Waals surface area contributed by atoms with Crippen molar-refractivity contribution in [2.45, 2.75) is 12.7 Å². The molecule has 0 fully saturated rings. The van der Waals surface area contributed by atoms with Crippen molar-refractivity contribution in [3.8, 4) is 11.5 Å². The van der Waals surface area contributed by atoms with E-state index in [1.807, 2.05) is 6.92 Å². The van der Waals surface area contributed by atoms with Crippen molar-refractivity contribution >= 4 is 23.4 Å². The number of thioether (sulfide) groups is 1. The van der Waals surface area contributed by atoms with Crippen molar-refractivity contribution in [2.75, 3.05) is 26.5 Å². The molecular weight excluding hydrogens is 368 g/mol. The van der Waals surface area contributed by atoms with E-state index in [2.05, 4.69) is 29.6 Å². The summed E-state index contributed by atoms with van der Waals surface area (Å²) in [5.41, 5.74) is 2.05. The molecule has 0 heterocycles. The number of amides is 1. The van der Waals surface area contributed by atoms with E-state index in [-0.39, 0.29) is 22.7 Å². The number of hydrogen-bond donors (Lipinski definition) is 1. The lowest BCUT2D eigenvalue weighted by atomic mass is 10.1. The molecule has 2 aromatic carbocycles. The van der Waals surface area contributed by atoms with Crippen LogP contribution in [0.2, 0.25) is 0 Å². The van der Waals surface area contributed by atoms with E-state index in [9.17, 15) is 14.9 Å². The van der Waals surface area contributed by atoms with Crippen LogP contribution >= 0.6 is 11.8 Å². The van der Waals surface area contributed by atoms with Gasteiger partial charge in [0.1, 0.15) is 5.56 Å². The Morgan fingerprint density at radius 1 is 1.15 bits per heavy atom. The van der Waals surface area contributed by atoms with Crippen LogP contribution in [0.15, 0.2) is 36.4 Å². The Labute approximate surface area is 162 Å². The van der Waals surface area contributed by atoms with Crippen molar-refractivity contribution < 1.29 is 19.2 Å². The Kier molecular flexibility index (Phi) is 7.48. The molecule has 0 unspecified atom stereocenters. The maximum absolute atomic E-state index is 12.4. The second-order valence-electron chi connectivity index (χ2n) is 5.78. The Hall–Kier alpha value is -2.74. The highest BCUT2D eigenvalue weighted by Crippen LogP contribution is 2.34. The number of aryl methyl sites for hydroxylation is 1. The van der Waals surface area contributed by atoms with E-state index in [4.69, 9.17) is 9.47 Å². The van der Waals surface area contributed by atoms with Crippen molar-refractivity contribution in [2.24, 2.45) is 0 Å². The highest BCUT2D eigenvalue weighted by molar-refractivity contribution is 7.98. The summed E-state index contributed by atoms with van der Waals surface area (Å²) in [6.07, 6.45) is 0. The topological polar surface area (TPSA) is 90.7 Å². The molecule has 0 aliphatic heterocycles. The van der Waals surface area contributed by atoms with Crippen LogP contribution in [0.25, 0.3) is 0 Å². The van der Waals surface area contributed by atoms with E-state index in [1.54, 1.807) is 11.8 Å². The number of hydrogen-bond acceptors (Lipinski definition) is 6. The van der Waals surface area contributed by atoms with Crippen LogP contribution in [-0.2, 0) is 5.75 Å². The minimum absolute atomic E-state index is 0.0545. The van der Waals surface area contributed by atoms with Gasteiger partial charge in [-0.3, -0.25) is 14.9 Å². The number of rotatable bonds is 9. The first-order valence-corrected chi connectivity index (χ1v) is 9.43. The first kappa shape index (κ1) is 20.6. The lowest BCUT2D eigenvalue weighted by Gasteiger charge is -2.11. The molecule has 0 bridgehead atoms. The summed E-state index contributed by atoms with van der Waals surface area (Å²) in [7, 11) is 2.79. The third-order valence-corrected chi connectivity index (χ3v) is 4.89. The van der Waals surface area contributed by atoms with Crippen molar-refractivity contribution in [1.29, 1.82) is 0 Å². The monoisotopic (exact) mass is 390 g/mol. The predicted octanol–water partition coefficient (Wildman–Crippen LogP) is 3.58. The summed E-state index contributed by atoms with van der Waals surface area (Å²) in [5, 5.41) is 14.0. The van der Waals surface area contributed by atoms with Gasteiger partial charge in [-0.1, -0.05) is 29.8 Å². The molecule has 2 aromatic rings. The van der Waals surface area contributed by atoms with E-state index in [0.29, 0.717) is 12.3 Å². The van der Waals surface area contributed by atoms with Crippen LogP contribution in [-0.4, -0.2) is 37.3 Å². The quantitative estimate of drug-likeness (QED) is 0.400. The van der Waals surface area contributed by atoms with Gasteiger partial charge in [-0.15, -0.1) is 0 Å². The summed E-state index contributed by atoms with van der Waals surface area (Å²) in [4.78, 5) is 23.1. The number of methoxy groups -OCH3 is 2. The molecule has 0 spiro atoms. The molecule has 27 heavy (non-hydrogen) atoms. The molecule has 0 radical (unpaired) electrons. The molecule has 144 valence electrons. The molecule has 1 N–H and O–H groups in total. The van der Waals surface area contributed by atoms with Crippen LogP contribution in [0.5, 0.6) is 11.5 Å². The molecule has 0 atom stereocenters. The molecule has 0 saturated carbocycles. The highest BCUT2D eigenvalue weighted by Gasteiger charge is 2.24. The van der Waals surface area contributed by atoms with Crippen molar-refractivity contribution in [3.63, 3.8) is 0 Å². The third-order valence-electron chi connectivity index (χ3n) is 3.86. The summed E-state index contributed by atoms with van der Waals surface area (Å²) < 4.78 is 10.2. The molecule has 0 aromatic heterocycles. The van der Waals surface area contributed by atoms with Gasteiger partial charge in [0.05, 0.1) is 25.2 Å². The molecule has 7 nitrogen and oxygen atoms in total. The van der Waals surface area contributed by atoms with Crippen LogP contribution in [0.3, 0.4) is 0 Å². The minimum atomic E-state index is -0.608. The van der Waals surface area contributed by atoms with E-state index < -0.39 is 10.8 Å². The second-order valence-corrected chi connectivity index (χ2v) is 6.88. The number of nitrogens with one attached hydrogen (secondary N) is 1. The van der Waals surface area contributed by atoms with E-state index >= 15 is 0 Å². The molecule has 0 saturated heterocycles. The fourth-order valence-corrected chi connectivity index (χ4v) is 3.23. The maximum atomic E-state index is 12.4. The molecular formula is C19H22N2O5S. The van der Waals surface area contributed by atoms with Crippen LogP contribution < -0.4 is 14.8 Å². The van der Waals surface area contributed by atoms with E-state index in [1.165, 1.54) is 37.5 Å². The second kappa shape index (κ2) is 9.82. The number of nitro groups is 1. The van der Waals surface area contributed by atoms with Gasteiger partial charge in [0, 0.05) is 24.1 Å². The lowest BCUT2D eigenvalue weighted by molar-refractivity contribution is -0.385. The lowest BCUT2D eigenvalue weighted by Crippen LogP contribution is -2.26. The van der Waals surface area contributed by atoms with E-state index in [0.717, 1.165) is 5.75 Å². The first-order valence-electron chi connectivity index (χ1n) is 8.28. The molecule has 0 aliphatic rings. The largest absolute Gasteiger partial charge is 0.493 e. The number of nitro benzene ring substituents is 1. The van der Waals surface area contributed by atoms with Crippen molar-refractivity contribution in [1.82, 2.24) is 5.32 Å². The van der Waals surface area contributed by atoms with Gasteiger partial charge in [-0.25, -0.2) is 0 Å². The number of ether oxygens (including phenoxy) is 2. The molecule has 8 heteroatoms. The highest BCUT2D eigenvalue weighted by atomic mass is 32.2. The van der Waals surface area contributed by atoms with Crippen LogP contribution in [0.4, 0.5) is 5.69 Å². The Morgan fingerprint density at radius 2 is 1.78 bits per heavy atom. The zero-order valence-electron chi connectivity index (χ0n) is 15.5. The Morgan fingerprint density at radius 3 is 2.37 bits per heavy atom. The number of carbonyl (C=O) groups excluding carboxylic acids is 1. The Bertz CT molecular complexity index is 808.